The Balaban J connectivity index is 1.67. The Hall–Kier alpha value is -0.0600. The molecule has 0 bridgehead atoms. The van der Waals surface area contributed by atoms with Gasteiger partial charge in [-0.05, 0) is 13.3 Å². The highest BCUT2D eigenvalue weighted by Crippen LogP contribution is 2.25. The molecule has 0 spiro atoms. The third kappa shape index (κ3) is 3.47. The summed E-state index contributed by atoms with van der Waals surface area (Å²) in [4.78, 5) is 4.46. The van der Waals surface area contributed by atoms with E-state index in [0.29, 0.717) is 0 Å². The summed E-state index contributed by atoms with van der Waals surface area (Å²) in [6, 6.07) is 0.728. The van der Waals surface area contributed by atoms with Crippen molar-refractivity contribution in [3.05, 3.63) is 16.1 Å². The highest BCUT2D eigenvalue weighted by Gasteiger charge is 2.20. The van der Waals surface area contributed by atoms with Crippen LogP contribution >= 0.6 is 23.1 Å². The molecule has 0 radical (unpaired) electrons. The zero-order chi connectivity index (χ0) is 10.7. The summed E-state index contributed by atoms with van der Waals surface area (Å²) < 4.78 is 0. The third-order valence-electron chi connectivity index (χ3n) is 2.64. The molecule has 1 aromatic heterocycles. The van der Waals surface area contributed by atoms with E-state index in [-0.39, 0.29) is 0 Å². The van der Waals surface area contributed by atoms with Gasteiger partial charge in [-0.25, -0.2) is 4.98 Å². The molecule has 0 saturated carbocycles. The highest BCUT2D eigenvalue weighted by atomic mass is 32.2. The quantitative estimate of drug-likeness (QED) is 0.878. The van der Waals surface area contributed by atoms with Gasteiger partial charge in [0.05, 0.1) is 5.01 Å². The zero-order valence-electron chi connectivity index (χ0n) is 9.32. The number of hydrogen-bond acceptors (Lipinski definition) is 4. The second-order valence-electron chi connectivity index (χ2n) is 4.16. The van der Waals surface area contributed by atoms with Crippen LogP contribution in [0.4, 0.5) is 0 Å². The number of nitrogens with zero attached hydrogens (tertiary/aromatic N) is 1. The van der Waals surface area contributed by atoms with Gasteiger partial charge < -0.3 is 5.32 Å². The summed E-state index contributed by atoms with van der Waals surface area (Å²) in [5, 5.41) is 7.84. The minimum atomic E-state index is 0.728. The monoisotopic (exact) mass is 242 g/mol. The van der Waals surface area contributed by atoms with Gasteiger partial charge in [0.2, 0.25) is 0 Å². The van der Waals surface area contributed by atoms with E-state index >= 15 is 0 Å². The van der Waals surface area contributed by atoms with Crippen LogP contribution in [0.25, 0.3) is 0 Å². The van der Waals surface area contributed by atoms with Crippen LogP contribution in [-0.4, -0.2) is 28.6 Å². The number of rotatable bonds is 4. The summed E-state index contributed by atoms with van der Waals surface area (Å²) in [5.41, 5.74) is 1.15. The Morgan fingerprint density at radius 3 is 3.07 bits per heavy atom. The normalized spacial score (nSPS) is 26.0. The summed E-state index contributed by atoms with van der Waals surface area (Å²) in [5.74, 6) is 1.28. The molecule has 0 amide bonds. The topological polar surface area (TPSA) is 24.9 Å². The molecule has 2 nitrogen and oxygen atoms in total. The number of hydrogen-bond donors (Lipinski definition) is 1. The van der Waals surface area contributed by atoms with Gasteiger partial charge in [-0.15, -0.1) is 11.3 Å². The molecular formula is C11H18N2S2. The van der Waals surface area contributed by atoms with Crippen LogP contribution in [0.1, 0.15) is 24.0 Å². The van der Waals surface area contributed by atoms with Crippen LogP contribution in [0.3, 0.4) is 0 Å². The average Bonchev–Trinajstić information content (AvgIpc) is 2.76. The lowest BCUT2D eigenvalue weighted by molar-refractivity contribution is 0.541. The molecule has 1 aromatic rings. The van der Waals surface area contributed by atoms with Crippen LogP contribution in [0, 0.1) is 6.92 Å². The van der Waals surface area contributed by atoms with E-state index in [1.165, 1.54) is 17.2 Å². The molecule has 2 rings (SSSR count). The van der Waals surface area contributed by atoms with Crippen LogP contribution < -0.4 is 5.32 Å². The number of aromatic nitrogens is 1. The Kier molecular flexibility index (Phi) is 4.05. The lowest BCUT2D eigenvalue weighted by atomic mass is 10.2. The number of thiazole rings is 1. The van der Waals surface area contributed by atoms with Crippen molar-refractivity contribution in [3.63, 3.8) is 0 Å². The molecule has 2 heterocycles. The highest BCUT2D eigenvalue weighted by molar-refractivity contribution is 8.00. The maximum absolute atomic E-state index is 4.46. The van der Waals surface area contributed by atoms with Crippen LogP contribution in [0.5, 0.6) is 0 Å². The number of aryl methyl sites for hydroxylation is 1. The van der Waals surface area contributed by atoms with Crippen molar-refractivity contribution in [2.45, 2.75) is 38.0 Å². The lowest BCUT2D eigenvalue weighted by Crippen LogP contribution is -2.30. The fourth-order valence-electron chi connectivity index (χ4n) is 1.86. The van der Waals surface area contributed by atoms with Gasteiger partial charge in [0.15, 0.2) is 0 Å². The van der Waals surface area contributed by atoms with E-state index in [1.807, 2.05) is 0 Å². The minimum Gasteiger partial charge on any atom is -0.313 e. The maximum Gasteiger partial charge on any atom is 0.0940 e. The van der Waals surface area contributed by atoms with Crippen LogP contribution in [0.2, 0.25) is 0 Å². The van der Waals surface area contributed by atoms with Gasteiger partial charge in [0.25, 0.3) is 0 Å². The lowest BCUT2D eigenvalue weighted by Gasteiger charge is -2.10. The van der Waals surface area contributed by atoms with Gasteiger partial charge in [0, 0.05) is 41.1 Å². The standard InChI is InChI=1S/C11H18N2S2/c1-8-6-15-11(13-8)3-4-12-10-5-9(2)14-7-10/h6,9-10,12H,3-5,7H2,1-2H3. The molecule has 15 heavy (non-hydrogen) atoms. The molecule has 0 aliphatic carbocycles. The van der Waals surface area contributed by atoms with Gasteiger partial charge in [-0.1, -0.05) is 6.92 Å². The predicted octanol–water partition coefficient (Wildman–Crippen LogP) is 2.48. The summed E-state index contributed by atoms with van der Waals surface area (Å²) in [6.45, 7) is 5.45. The van der Waals surface area contributed by atoms with Crippen molar-refractivity contribution in [1.29, 1.82) is 0 Å². The van der Waals surface area contributed by atoms with Crippen LogP contribution in [0.15, 0.2) is 5.38 Å². The van der Waals surface area contributed by atoms with Crippen LogP contribution in [-0.2, 0) is 6.42 Å². The van der Waals surface area contributed by atoms with E-state index in [1.54, 1.807) is 11.3 Å². The minimum absolute atomic E-state index is 0.728. The third-order valence-corrected chi connectivity index (χ3v) is 5.02. The first-order valence-electron chi connectivity index (χ1n) is 5.50. The van der Waals surface area contributed by atoms with Gasteiger partial charge in [0.1, 0.15) is 0 Å². The number of thioether (sulfide) groups is 1. The van der Waals surface area contributed by atoms with E-state index in [0.717, 1.165) is 30.0 Å². The maximum atomic E-state index is 4.46. The summed E-state index contributed by atoms with van der Waals surface area (Å²) in [7, 11) is 0. The molecule has 1 fully saturated rings. The van der Waals surface area contributed by atoms with Crippen molar-refractivity contribution in [2.75, 3.05) is 12.3 Å². The SMILES string of the molecule is Cc1csc(CCNC2CSC(C)C2)n1. The second kappa shape index (κ2) is 5.32. The van der Waals surface area contributed by atoms with Crippen molar-refractivity contribution in [3.8, 4) is 0 Å². The Labute approximate surface area is 99.9 Å². The first-order chi connectivity index (χ1) is 7.24. The first kappa shape index (κ1) is 11.4. The van der Waals surface area contributed by atoms with E-state index in [2.05, 4.69) is 41.3 Å². The smallest absolute Gasteiger partial charge is 0.0940 e. The average molecular weight is 242 g/mol. The first-order valence-corrected chi connectivity index (χ1v) is 7.43. The van der Waals surface area contributed by atoms with E-state index in [4.69, 9.17) is 0 Å². The van der Waals surface area contributed by atoms with Crippen molar-refractivity contribution < 1.29 is 0 Å². The van der Waals surface area contributed by atoms with E-state index in [9.17, 15) is 0 Å². The molecule has 2 atom stereocenters. The Bertz CT molecular complexity index is 311. The van der Waals surface area contributed by atoms with Crippen molar-refractivity contribution >= 4 is 23.1 Å². The number of nitrogens with one attached hydrogen (secondary N) is 1. The summed E-state index contributed by atoms with van der Waals surface area (Å²) in [6.07, 6.45) is 2.40. The van der Waals surface area contributed by atoms with Crippen molar-refractivity contribution in [2.24, 2.45) is 0 Å². The van der Waals surface area contributed by atoms with E-state index < -0.39 is 0 Å². The predicted molar refractivity (Wildman–Crippen MR) is 68.9 cm³/mol. The molecule has 1 aliphatic rings. The molecule has 1 saturated heterocycles. The largest absolute Gasteiger partial charge is 0.313 e. The molecule has 1 N–H and O–H groups in total. The van der Waals surface area contributed by atoms with Gasteiger partial charge in [-0.2, -0.15) is 11.8 Å². The molecule has 0 aromatic carbocycles. The Morgan fingerprint density at radius 2 is 2.47 bits per heavy atom. The summed E-state index contributed by atoms with van der Waals surface area (Å²) >= 11 is 3.86. The molecule has 4 heteroatoms. The molecule has 84 valence electrons. The fourth-order valence-corrected chi connectivity index (χ4v) is 3.82. The molecule has 2 unspecified atom stereocenters. The van der Waals surface area contributed by atoms with Gasteiger partial charge >= 0.3 is 0 Å². The fraction of sp³-hybridized carbons (Fsp3) is 0.727. The van der Waals surface area contributed by atoms with Gasteiger partial charge in [-0.3, -0.25) is 0 Å². The van der Waals surface area contributed by atoms with Crippen molar-refractivity contribution in [1.82, 2.24) is 10.3 Å². The zero-order valence-corrected chi connectivity index (χ0v) is 11.0. The molecular weight excluding hydrogens is 224 g/mol. The second-order valence-corrected chi connectivity index (χ2v) is 6.58. The Morgan fingerprint density at radius 1 is 1.60 bits per heavy atom. The molecule has 1 aliphatic heterocycles.